The van der Waals surface area contributed by atoms with Crippen LogP contribution in [-0.4, -0.2) is 52.2 Å². The summed E-state index contributed by atoms with van der Waals surface area (Å²) in [5.74, 6) is -0.438. The van der Waals surface area contributed by atoms with E-state index in [2.05, 4.69) is 10.4 Å². The van der Waals surface area contributed by atoms with Gasteiger partial charge in [-0.1, -0.05) is 24.6 Å². The van der Waals surface area contributed by atoms with Crippen molar-refractivity contribution in [1.29, 1.82) is 0 Å². The lowest BCUT2D eigenvalue weighted by Crippen LogP contribution is -2.46. The number of amides is 2. The second kappa shape index (κ2) is 8.54. The number of carbonyl (C=O) groups excluding carboxylic acids is 2. The van der Waals surface area contributed by atoms with Crippen LogP contribution < -0.4 is 11.1 Å². The van der Waals surface area contributed by atoms with Crippen LogP contribution in [0.15, 0.2) is 30.5 Å². The minimum absolute atomic E-state index is 0.0841. The standard InChI is InChI=1S/C19H24ClN5O2/c1-2-17-16(11-22-25(17)15-5-3-4-13(20)10-15)19(27)23-14-6-8-24(9-7-14)12-18(21)26/h3-5,10-11,14H,2,6-9,12H2,1H3,(H2,21,26)(H,23,27). The fraction of sp³-hybridized carbons (Fsp3) is 0.421. The van der Waals surface area contributed by atoms with E-state index >= 15 is 0 Å². The first kappa shape index (κ1) is 19.4. The number of hydrogen-bond donors (Lipinski definition) is 2. The number of hydrogen-bond acceptors (Lipinski definition) is 4. The molecule has 7 nitrogen and oxygen atoms in total. The van der Waals surface area contributed by atoms with Gasteiger partial charge in [-0.15, -0.1) is 0 Å². The van der Waals surface area contributed by atoms with Crippen molar-refractivity contribution in [3.05, 3.63) is 46.7 Å². The van der Waals surface area contributed by atoms with Gasteiger partial charge in [-0.25, -0.2) is 4.68 Å². The zero-order chi connectivity index (χ0) is 19.4. The van der Waals surface area contributed by atoms with Crippen molar-refractivity contribution in [1.82, 2.24) is 20.0 Å². The number of nitrogens with zero attached hydrogens (tertiary/aromatic N) is 3. The Morgan fingerprint density at radius 1 is 1.33 bits per heavy atom. The first-order valence-electron chi connectivity index (χ1n) is 9.12. The number of aromatic nitrogens is 2. The number of piperidine rings is 1. The molecular weight excluding hydrogens is 366 g/mol. The SMILES string of the molecule is CCc1c(C(=O)NC2CCN(CC(N)=O)CC2)cnn1-c1cccc(Cl)c1. The molecule has 1 aromatic carbocycles. The topological polar surface area (TPSA) is 93.2 Å². The monoisotopic (exact) mass is 389 g/mol. The molecule has 0 spiro atoms. The third-order valence-corrected chi connectivity index (χ3v) is 5.04. The van der Waals surface area contributed by atoms with Gasteiger partial charge in [-0.05, 0) is 37.5 Å². The first-order valence-corrected chi connectivity index (χ1v) is 9.50. The average Bonchev–Trinajstić information content (AvgIpc) is 3.07. The number of nitrogens with two attached hydrogens (primary N) is 1. The van der Waals surface area contributed by atoms with Crippen molar-refractivity contribution < 1.29 is 9.59 Å². The van der Waals surface area contributed by atoms with Crippen LogP contribution in [-0.2, 0) is 11.2 Å². The highest BCUT2D eigenvalue weighted by molar-refractivity contribution is 6.30. The Hall–Kier alpha value is -2.38. The first-order chi connectivity index (χ1) is 13.0. The molecule has 2 amide bonds. The van der Waals surface area contributed by atoms with Gasteiger partial charge in [0.05, 0.1) is 29.7 Å². The van der Waals surface area contributed by atoms with Crippen molar-refractivity contribution in [3.8, 4) is 5.69 Å². The fourth-order valence-electron chi connectivity index (χ4n) is 3.45. The molecule has 3 rings (SSSR count). The van der Waals surface area contributed by atoms with E-state index in [0.717, 1.165) is 37.3 Å². The van der Waals surface area contributed by atoms with Crippen LogP contribution in [0.1, 0.15) is 35.8 Å². The molecule has 0 saturated carbocycles. The molecule has 27 heavy (non-hydrogen) atoms. The molecule has 0 radical (unpaired) electrons. The average molecular weight is 390 g/mol. The minimum Gasteiger partial charge on any atom is -0.369 e. The molecule has 3 N–H and O–H groups in total. The summed E-state index contributed by atoms with van der Waals surface area (Å²) in [5.41, 5.74) is 7.50. The predicted octanol–water partition coefficient (Wildman–Crippen LogP) is 1.77. The maximum Gasteiger partial charge on any atom is 0.254 e. The summed E-state index contributed by atoms with van der Waals surface area (Å²) in [5, 5.41) is 8.12. The van der Waals surface area contributed by atoms with Crippen LogP contribution in [0.3, 0.4) is 0 Å². The maximum absolute atomic E-state index is 12.8. The molecule has 0 atom stereocenters. The molecule has 0 unspecified atom stereocenters. The van der Waals surface area contributed by atoms with Crippen LogP contribution >= 0.6 is 11.6 Å². The fourth-order valence-corrected chi connectivity index (χ4v) is 3.64. The van der Waals surface area contributed by atoms with Gasteiger partial charge in [0.2, 0.25) is 5.91 Å². The van der Waals surface area contributed by atoms with Crippen molar-refractivity contribution >= 4 is 23.4 Å². The van der Waals surface area contributed by atoms with Crippen LogP contribution in [0.25, 0.3) is 5.69 Å². The van der Waals surface area contributed by atoms with Crippen molar-refractivity contribution in [2.24, 2.45) is 5.73 Å². The largest absolute Gasteiger partial charge is 0.369 e. The second-order valence-electron chi connectivity index (χ2n) is 6.74. The number of rotatable bonds is 6. The Morgan fingerprint density at radius 3 is 2.70 bits per heavy atom. The minimum atomic E-state index is -0.321. The molecule has 8 heteroatoms. The van der Waals surface area contributed by atoms with Crippen LogP contribution in [0.2, 0.25) is 5.02 Å². The predicted molar refractivity (Wildman–Crippen MR) is 104 cm³/mol. The quantitative estimate of drug-likeness (QED) is 0.787. The summed E-state index contributed by atoms with van der Waals surface area (Å²) in [6, 6.07) is 7.48. The van der Waals surface area contributed by atoms with Gasteiger partial charge < -0.3 is 11.1 Å². The van der Waals surface area contributed by atoms with E-state index in [9.17, 15) is 9.59 Å². The molecule has 0 aliphatic carbocycles. The van der Waals surface area contributed by atoms with E-state index in [1.165, 1.54) is 0 Å². The van der Waals surface area contributed by atoms with Gasteiger partial charge in [0.15, 0.2) is 0 Å². The van der Waals surface area contributed by atoms with Gasteiger partial charge in [0, 0.05) is 24.2 Å². The summed E-state index contributed by atoms with van der Waals surface area (Å²) in [6.07, 6.45) is 3.87. The van der Waals surface area contributed by atoms with Gasteiger partial charge >= 0.3 is 0 Å². The van der Waals surface area contributed by atoms with E-state index < -0.39 is 0 Å². The summed E-state index contributed by atoms with van der Waals surface area (Å²) >= 11 is 6.08. The van der Waals surface area contributed by atoms with E-state index in [-0.39, 0.29) is 24.4 Å². The number of likely N-dealkylation sites (tertiary alicyclic amines) is 1. The number of primary amides is 1. The normalized spacial score (nSPS) is 15.6. The van der Waals surface area contributed by atoms with E-state index in [1.807, 2.05) is 30.0 Å². The Labute approximate surface area is 163 Å². The molecule has 2 heterocycles. The zero-order valence-corrected chi connectivity index (χ0v) is 16.1. The van der Waals surface area contributed by atoms with E-state index in [0.29, 0.717) is 17.0 Å². The van der Waals surface area contributed by atoms with Crippen molar-refractivity contribution in [2.75, 3.05) is 19.6 Å². The highest BCUT2D eigenvalue weighted by Crippen LogP contribution is 2.20. The summed E-state index contributed by atoms with van der Waals surface area (Å²) < 4.78 is 1.76. The second-order valence-corrected chi connectivity index (χ2v) is 7.18. The lowest BCUT2D eigenvalue weighted by Gasteiger charge is -2.31. The number of carbonyl (C=O) groups is 2. The highest BCUT2D eigenvalue weighted by Gasteiger charge is 2.24. The van der Waals surface area contributed by atoms with Crippen LogP contribution in [0.4, 0.5) is 0 Å². The molecule has 0 bridgehead atoms. The molecule has 2 aromatic rings. The Morgan fingerprint density at radius 2 is 2.07 bits per heavy atom. The molecular formula is C19H24ClN5O2. The lowest BCUT2D eigenvalue weighted by atomic mass is 10.0. The number of benzene rings is 1. The molecule has 1 fully saturated rings. The molecule has 144 valence electrons. The van der Waals surface area contributed by atoms with Gasteiger partial charge in [-0.3, -0.25) is 14.5 Å². The van der Waals surface area contributed by atoms with E-state index in [1.54, 1.807) is 16.9 Å². The molecule has 1 aliphatic heterocycles. The third-order valence-electron chi connectivity index (χ3n) is 4.80. The van der Waals surface area contributed by atoms with Gasteiger partial charge in [0.25, 0.3) is 5.91 Å². The third kappa shape index (κ3) is 4.67. The van der Waals surface area contributed by atoms with Crippen LogP contribution in [0.5, 0.6) is 0 Å². The number of halogens is 1. The highest BCUT2D eigenvalue weighted by atomic mass is 35.5. The smallest absolute Gasteiger partial charge is 0.254 e. The van der Waals surface area contributed by atoms with Gasteiger partial charge in [-0.2, -0.15) is 5.10 Å². The zero-order valence-electron chi connectivity index (χ0n) is 15.3. The van der Waals surface area contributed by atoms with Gasteiger partial charge in [0.1, 0.15) is 0 Å². The summed E-state index contributed by atoms with van der Waals surface area (Å²) in [7, 11) is 0. The molecule has 1 aromatic heterocycles. The lowest BCUT2D eigenvalue weighted by molar-refractivity contribution is -0.119. The Balaban J connectivity index is 1.68. The molecule has 1 aliphatic rings. The van der Waals surface area contributed by atoms with E-state index in [4.69, 9.17) is 17.3 Å². The Bertz CT molecular complexity index is 827. The maximum atomic E-state index is 12.8. The van der Waals surface area contributed by atoms with Crippen molar-refractivity contribution in [2.45, 2.75) is 32.2 Å². The van der Waals surface area contributed by atoms with Crippen molar-refractivity contribution in [3.63, 3.8) is 0 Å². The summed E-state index contributed by atoms with van der Waals surface area (Å²) in [4.78, 5) is 25.8. The summed E-state index contributed by atoms with van der Waals surface area (Å²) in [6.45, 7) is 3.76. The van der Waals surface area contributed by atoms with Crippen LogP contribution in [0, 0.1) is 0 Å². The molecule has 1 saturated heterocycles. The Kier molecular flexibility index (Phi) is 6.13. The number of nitrogens with one attached hydrogen (secondary N) is 1.